The molecule has 1 saturated heterocycles. The van der Waals surface area contributed by atoms with Crippen molar-refractivity contribution in [3.05, 3.63) is 17.5 Å². The summed E-state index contributed by atoms with van der Waals surface area (Å²) in [4.78, 5) is 13.8. The predicted molar refractivity (Wildman–Crippen MR) is 87.4 cm³/mol. The van der Waals surface area contributed by atoms with Crippen LogP contribution in [0.5, 0.6) is 0 Å². The summed E-state index contributed by atoms with van der Waals surface area (Å²) in [5.41, 5.74) is 7.16. The van der Waals surface area contributed by atoms with E-state index in [0.29, 0.717) is 17.2 Å². The van der Waals surface area contributed by atoms with Gasteiger partial charge in [0, 0.05) is 42.6 Å². The van der Waals surface area contributed by atoms with Crippen molar-refractivity contribution in [2.24, 2.45) is 11.1 Å². The average Bonchev–Trinajstić information content (AvgIpc) is 2.72. The van der Waals surface area contributed by atoms with Crippen LogP contribution in [0.25, 0.3) is 0 Å². The highest BCUT2D eigenvalue weighted by molar-refractivity contribution is 8.00. The third-order valence-electron chi connectivity index (χ3n) is 4.05. The van der Waals surface area contributed by atoms with E-state index >= 15 is 0 Å². The smallest absolute Gasteiger partial charge is 0.269 e. The minimum Gasteiger partial charge on any atom is -0.364 e. The van der Waals surface area contributed by atoms with Crippen LogP contribution in [0.15, 0.2) is 6.07 Å². The number of rotatable bonds is 2. The molecular weight excluding hydrogens is 284 g/mol. The SMILES string of the molecule is CC.CC(C)N1Cc2cc(C(N)=O)nn2CC2(CSC2)C1. The Hall–Kier alpha value is -1.01. The minimum absolute atomic E-state index is 0.321. The van der Waals surface area contributed by atoms with Gasteiger partial charge in [-0.1, -0.05) is 13.8 Å². The molecule has 2 N–H and O–H groups in total. The molecule has 0 bridgehead atoms. The maximum atomic E-state index is 11.3. The third kappa shape index (κ3) is 3.26. The Bertz CT molecular complexity index is 508. The van der Waals surface area contributed by atoms with Gasteiger partial charge in [0.25, 0.3) is 5.91 Å². The minimum atomic E-state index is -0.436. The lowest BCUT2D eigenvalue weighted by molar-refractivity contribution is 0.0993. The molecule has 3 heterocycles. The average molecular weight is 310 g/mol. The highest BCUT2D eigenvalue weighted by Gasteiger charge is 2.42. The number of hydrogen-bond donors (Lipinski definition) is 1. The van der Waals surface area contributed by atoms with Gasteiger partial charge >= 0.3 is 0 Å². The Morgan fingerprint density at radius 2 is 2.05 bits per heavy atom. The fourth-order valence-electron chi connectivity index (χ4n) is 2.84. The predicted octanol–water partition coefficient (Wildman–Crippen LogP) is 1.97. The number of thioether (sulfide) groups is 1. The maximum absolute atomic E-state index is 11.3. The van der Waals surface area contributed by atoms with E-state index in [1.807, 2.05) is 36.4 Å². The van der Waals surface area contributed by atoms with Crippen molar-refractivity contribution in [3.8, 4) is 0 Å². The van der Waals surface area contributed by atoms with Crippen LogP contribution in [0.2, 0.25) is 0 Å². The zero-order valence-electron chi connectivity index (χ0n) is 13.4. The summed E-state index contributed by atoms with van der Waals surface area (Å²) >= 11 is 1.99. The van der Waals surface area contributed by atoms with Crippen LogP contribution in [0.4, 0.5) is 0 Å². The first kappa shape index (κ1) is 16.4. The molecule has 1 aromatic heterocycles. The number of aromatic nitrogens is 2. The number of hydrogen-bond acceptors (Lipinski definition) is 4. The van der Waals surface area contributed by atoms with Crippen LogP contribution in [0, 0.1) is 5.41 Å². The van der Waals surface area contributed by atoms with Crippen molar-refractivity contribution in [1.82, 2.24) is 14.7 Å². The van der Waals surface area contributed by atoms with E-state index in [-0.39, 0.29) is 0 Å². The number of carbonyl (C=O) groups excluding carboxylic acids is 1. The molecule has 1 spiro atoms. The highest BCUT2D eigenvalue weighted by atomic mass is 32.2. The Balaban J connectivity index is 0.000000774. The molecule has 1 aromatic rings. The van der Waals surface area contributed by atoms with Gasteiger partial charge in [-0.25, -0.2) is 0 Å². The topological polar surface area (TPSA) is 64.2 Å². The highest BCUT2D eigenvalue weighted by Crippen LogP contribution is 2.42. The summed E-state index contributed by atoms with van der Waals surface area (Å²) in [5.74, 6) is 1.93. The van der Waals surface area contributed by atoms with Gasteiger partial charge in [-0.15, -0.1) is 0 Å². The van der Waals surface area contributed by atoms with Gasteiger partial charge < -0.3 is 5.73 Å². The molecule has 3 rings (SSSR count). The fraction of sp³-hybridized carbons (Fsp3) is 0.733. The molecule has 5 nitrogen and oxygen atoms in total. The molecule has 1 amide bonds. The Kier molecular flexibility index (Phi) is 4.99. The van der Waals surface area contributed by atoms with E-state index < -0.39 is 5.91 Å². The summed E-state index contributed by atoms with van der Waals surface area (Å²) in [6.07, 6.45) is 0. The summed E-state index contributed by atoms with van der Waals surface area (Å²) in [5, 5.41) is 4.39. The Morgan fingerprint density at radius 1 is 1.38 bits per heavy atom. The first-order valence-electron chi connectivity index (χ1n) is 7.67. The number of fused-ring (bicyclic) bond motifs is 1. The standard InChI is InChI=1S/C13H20N4OS.C2H6/c1-9(2)16-4-10-3-11(12(14)18)15-17(10)6-13(5-16)7-19-8-13;1-2/h3,9H,4-8H2,1-2H3,(H2,14,18);1-2H3. The van der Waals surface area contributed by atoms with Crippen molar-refractivity contribution >= 4 is 17.7 Å². The number of amides is 1. The van der Waals surface area contributed by atoms with E-state index in [0.717, 1.165) is 25.3 Å². The summed E-state index contributed by atoms with van der Waals surface area (Å²) in [6, 6.07) is 2.35. The second-order valence-corrected chi connectivity index (χ2v) is 7.02. The molecule has 0 atom stereocenters. The van der Waals surface area contributed by atoms with Crippen LogP contribution in [-0.4, -0.2) is 44.7 Å². The van der Waals surface area contributed by atoms with Gasteiger partial charge in [-0.05, 0) is 19.9 Å². The molecular formula is C15H26N4OS. The van der Waals surface area contributed by atoms with Crippen LogP contribution >= 0.6 is 11.8 Å². The molecule has 2 aliphatic rings. The van der Waals surface area contributed by atoms with E-state index in [9.17, 15) is 4.79 Å². The molecule has 0 saturated carbocycles. The molecule has 0 radical (unpaired) electrons. The van der Waals surface area contributed by atoms with Crippen LogP contribution < -0.4 is 5.73 Å². The number of nitrogens with zero attached hydrogens (tertiary/aromatic N) is 3. The fourth-order valence-corrected chi connectivity index (χ4v) is 3.99. The van der Waals surface area contributed by atoms with Crippen molar-refractivity contribution in [2.45, 2.75) is 46.8 Å². The lowest BCUT2D eigenvalue weighted by Crippen LogP contribution is -2.48. The summed E-state index contributed by atoms with van der Waals surface area (Å²) in [6.45, 7) is 11.3. The zero-order valence-corrected chi connectivity index (χ0v) is 14.2. The van der Waals surface area contributed by atoms with E-state index in [2.05, 4.69) is 23.8 Å². The zero-order chi connectivity index (χ0) is 15.6. The Labute approximate surface area is 131 Å². The van der Waals surface area contributed by atoms with Crippen LogP contribution in [0.1, 0.15) is 43.9 Å². The van der Waals surface area contributed by atoms with Crippen LogP contribution in [0.3, 0.4) is 0 Å². The molecule has 6 heteroatoms. The van der Waals surface area contributed by atoms with E-state index in [1.165, 1.54) is 11.5 Å². The van der Waals surface area contributed by atoms with Gasteiger partial charge in [0.15, 0.2) is 0 Å². The molecule has 118 valence electrons. The van der Waals surface area contributed by atoms with Crippen molar-refractivity contribution in [3.63, 3.8) is 0 Å². The van der Waals surface area contributed by atoms with E-state index in [4.69, 9.17) is 5.73 Å². The van der Waals surface area contributed by atoms with Gasteiger partial charge in [0.2, 0.25) is 0 Å². The number of primary amides is 1. The van der Waals surface area contributed by atoms with Crippen molar-refractivity contribution in [2.75, 3.05) is 18.1 Å². The monoisotopic (exact) mass is 310 g/mol. The molecule has 2 aliphatic heterocycles. The van der Waals surface area contributed by atoms with Gasteiger partial charge in [-0.2, -0.15) is 16.9 Å². The number of carbonyl (C=O) groups is 1. The normalized spacial score (nSPS) is 20.2. The van der Waals surface area contributed by atoms with Crippen LogP contribution in [-0.2, 0) is 13.1 Å². The summed E-state index contributed by atoms with van der Waals surface area (Å²) in [7, 11) is 0. The Morgan fingerprint density at radius 3 is 2.52 bits per heavy atom. The summed E-state index contributed by atoms with van der Waals surface area (Å²) < 4.78 is 2.00. The van der Waals surface area contributed by atoms with Gasteiger partial charge in [0.05, 0.1) is 5.69 Å². The second kappa shape index (κ2) is 6.40. The lowest BCUT2D eigenvalue weighted by atomic mass is 9.91. The quantitative estimate of drug-likeness (QED) is 0.907. The first-order valence-corrected chi connectivity index (χ1v) is 8.83. The largest absolute Gasteiger partial charge is 0.364 e. The molecule has 0 aromatic carbocycles. The van der Waals surface area contributed by atoms with Gasteiger partial charge in [-0.3, -0.25) is 14.4 Å². The molecule has 1 fully saturated rings. The van der Waals surface area contributed by atoms with Crippen molar-refractivity contribution < 1.29 is 4.79 Å². The lowest BCUT2D eigenvalue weighted by Gasteiger charge is -2.43. The number of nitrogens with two attached hydrogens (primary N) is 1. The molecule has 21 heavy (non-hydrogen) atoms. The second-order valence-electron chi connectivity index (χ2n) is 6.03. The maximum Gasteiger partial charge on any atom is 0.269 e. The van der Waals surface area contributed by atoms with Gasteiger partial charge in [0.1, 0.15) is 5.69 Å². The molecule has 0 aliphatic carbocycles. The third-order valence-corrected chi connectivity index (χ3v) is 5.68. The first-order chi connectivity index (χ1) is 9.99. The van der Waals surface area contributed by atoms with E-state index in [1.54, 1.807) is 0 Å². The molecule has 0 unspecified atom stereocenters. The van der Waals surface area contributed by atoms with Crippen molar-refractivity contribution in [1.29, 1.82) is 0 Å².